The number of nitrogens with one attached hydrogen (secondary N) is 2. The van der Waals surface area contributed by atoms with Crippen molar-refractivity contribution in [1.29, 1.82) is 0 Å². The molecule has 0 aliphatic carbocycles. The third-order valence-corrected chi connectivity index (χ3v) is 5.20. The van der Waals surface area contributed by atoms with Gasteiger partial charge in [-0.25, -0.2) is 0 Å². The van der Waals surface area contributed by atoms with E-state index in [1.54, 1.807) is 24.3 Å². The largest absolute Gasteiger partial charge is 0.326 e. The molecule has 0 radical (unpaired) electrons. The van der Waals surface area contributed by atoms with Gasteiger partial charge < -0.3 is 5.32 Å². The normalized spacial score (nSPS) is 10.7. The molecule has 0 aliphatic rings. The fourth-order valence-electron chi connectivity index (χ4n) is 2.69. The van der Waals surface area contributed by atoms with Gasteiger partial charge in [0.2, 0.25) is 11.0 Å². The minimum Gasteiger partial charge on any atom is -0.326 e. The second kappa shape index (κ2) is 9.93. The zero-order valence-corrected chi connectivity index (χ0v) is 17.3. The van der Waals surface area contributed by atoms with E-state index in [0.717, 1.165) is 24.3 Å². The lowest BCUT2D eigenvalue weighted by Gasteiger charge is -2.09. The molecule has 2 amide bonds. The summed E-state index contributed by atoms with van der Waals surface area (Å²) < 4.78 is 0. The molecular formula is C22H24N4O2S. The molecule has 0 fully saturated rings. The van der Waals surface area contributed by atoms with Gasteiger partial charge in [0, 0.05) is 23.6 Å². The van der Waals surface area contributed by atoms with Crippen molar-refractivity contribution in [2.24, 2.45) is 5.92 Å². The van der Waals surface area contributed by atoms with Gasteiger partial charge in [-0.3, -0.25) is 14.9 Å². The molecule has 0 unspecified atom stereocenters. The van der Waals surface area contributed by atoms with Crippen LogP contribution in [0.2, 0.25) is 0 Å². The van der Waals surface area contributed by atoms with Crippen molar-refractivity contribution in [2.75, 3.05) is 10.6 Å². The van der Waals surface area contributed by atoms with Crippen LogP contribution in [-0.4, -0.2) is 22.0 Å². The Labute approximate surface area is 174 Å². The number of hydrogen-bond acceptors (Lipinski definition) is 5. The van der Waals surface area contributed by atoms with Gasteiger partial charge in [-0.05, 0) is 36.6 Å². The van der Waals surface area contributed by atoms with E-state index in [0.29, 0.717) is 16.4 Å². The van der Waals surface area contributed by atoms with Crippen molar-refractivity contribution in [3.05, 3.63) is 70.7 Å². The molecule has 3 rings (SSSR count). The van der Waals surface area contributed by atoms with Crippen LogP contribution in [0.25, 0.3) is 0 Å². The highest BCUT2D eigenvalue weighted by Gasteiger charge is 2.12. The number of carbonyl (C=O) groups excluding carboxylic acids is 2. The maximum Gasteiger partial charge on any atom is 0.257 e. The van der Waals surface area contributed by atoms with E-state index in [2.05, 4.69) is 33.0 Å². The first-order valence-electron chi connectivity index (χ1n) is 9.60. The number of aromatic nitrogens is 2. The lowest BCUT2D eigenvalue weighted by molar-refractivity contribution is -0.118. The molecule has 1 aromatic heterocycles. The molecule has 0 atom stereocenters. The smallest absolute Gasteiger partial charge is 0.257 e. The Balaban J connectivity index is 1.54. The van der Waals surface area contributed by atoms with Crippen molar-refractivity contribution in [3.8, 4) is 0 Å². The summed E-state index contributed by atoms with van der Waals surface area (Å²) in [4.78, 5) is 24.3. The van der Waals surface area contributed by atoms with E-state index in [-0.39, 0.29) is 17.7 Å². The van der Waals surface area contributed by atoms with Crippen LogP contribution in [0.4, 0.5) is 10.8 Å². The molecule has 3 aromatic rings. The third-order valence-electron chi connectivity index (χ3n) is 4.30. The quantitative estimate of drug-likeness (QED) is 0.572. The van der Waals surface area contributed by atoms with Gasteiger partial charge in [-0.15, -0.1) is 10.2 Å². The second-order valence-corrected chi connectivity index (χ2v) is 8.08. The summed E-state index contributed by atoms with van der Waals surface area (Å²) in [7, 11) is 0. The number of aryl methyl sites for hydroxylation is 2. The predicted molar refractivity (Wildman–Crippen MR) is 116 cm³/mol. The van der Waals surface area contributed by atoms with E-state index in [4.69, 9.17) is 0 Å². The molecule has 2 aromatic carbocycles. The highest BCUT2D eigenvalue weighted by atomic mass is 32.1. The van der Waals surface area contributed by atoms with E-state index in [1.807, 2.05) is 32.0 Å². The average Bonchev–Trinajstić information content (AvgIpc) is 3.16. The van der Waals surface area contributed by atoms with E-state index in [9.17, 15) is 9.59 Å². The summed E-state index contributed by atoms with van der Waals surface area (Å²) in [5.74, 6) is -0.501. The lowest BCUT2D eigenvalue weighted by atomic mass is 10.1. The summed E-state index contributed by atoms with van der Waals surface area (Å²) in [6, 6.07) is 17.2. The Hall–Kier alpha value is -3.06. The fraction of sp³-hybridized carbons (Fsp3) is 0.273. The summed E-state index contributed by atoms with van der Waals surface area (Å²) in [6.45, 7) is 3.64. The van der Waals surface area contributed by atoms with Crippen LogP contribution in [0.1, 0.15) is 41.2 Å². The first-order chi connectivity index (χ1) is 14.0. The first kappa shape index (κ1) is 20.7. The Kier molecular flexibility index (Phi) is 7.08. The number of benzene rings is 2. The van der Waals surface area contributed by atoms with Gasteiger partial charge in [0.1, 0.15) is 5.01 Å². The number of nitrogens with zero attached hydrogens (tertiary/aromatic N) is 2. The molecule has 0 spiro atoms. The highest BCUT2D eigenvalue weighted by Crippen LogP contribution is 2.19. The minimum absolute atomic E-state index is 0.0909. The number of hydrogen-bond donors (Lipinski definition) is 2. The van der Waals surface area contributed by atoms with Crippen molar-refractivity contribution < 1.29 is 9.59 Å². The van der Waals surface area contributed by atoms with Gasteiger partial charge in [0.15, 0.2) is 0 Å². The molecule has 1 heterocycles. The van der Waals surface area contributed by atoms with Crippen LogP contribution >= 0.6 is 11.3 Å². The maximum absolute atomic E-state index is 12.5. The zero-order valence-electron chi connectivity index (χ0n) is 16.5. The van der Waals surface area contributed by atoms with Crippen LogP contribution in [0.15, 0.2) is 54.6 Å². The number of rotatable bonds is 8. The summed E-state index contributed by atoms with van der Waals surface area (Å²) >= 11 is 1.39. The van der Waals surface area contributed by atoms with Crippen LogP contribution < -0.4 is 10.6 Å². The van der Waals surface area contributed by atoms with Crippen LogP contribution in [0.3, 0.4) is 0 Å². The Bertz CT molecular complexity index is 970. The highest BCUT2D eigenvalue weighted by molar-refractivity contribution is 7.15. The van der Waals surface area contributed by atoms with Gasteiger partial charge >= 0.3 is 0 Å². The van der Waals surface area contributed by atoms with Crippen molar-refractivity contribution >= 4 is 34.0 Å². The van der Waals surface area contributed by atoms with Crippen LogP contribution in [0, 0.1) is 5.92 Å². The second-order valence-electron chi connectivity index (χ2n) is 7.02. The van der Waals surface area contributed by atoms with Crippen molar-refractivity contribution in [1.82, 2.24) is 10.2 Å². The number of amides is 2. The average molecular weight is 409 g/mol. The molecular weight excluding hydrogens is 384 g/mol. The Morgan fingerprint density at radius 1 is 0.966 bits per heavy atom. The SMILES string of the molecule is CC(C)C(=O)Nc1cccc(C(=O)Nc2nnc(CCCc3ccccc3)s2)c1. The minimum atomic E-state index is -0.280. The van der Waals surface area contributed by atoms with E-state index < -0.39 is 0 Å². The third kappa shape index (κ3) is 6.22. The van der Waals surface area contributed by atoms with Gasteiger partial charge in [-0.1, -0.05) is 61.6 Å². The molecule has 2 N–H and O–H groups in total. The Morgan fingerprint density at radius 3 is 2.52 bits per heavy atom. The summed E-state index contributed by atoms with van der Waals surface area (Å²) in [5, 5.41) is 15.2. The summed E-state index contributed by atoms with van der Waals surface area (Å²) in [6.07, 6.45) is 2.78. The van der Waals surface area contributed by atoms with Crippen molar-refractivity contribution in [3.63, 3.8) is 0 Å². The van der Waals surface area contributed by atoms with E-state index >= 15 is 0 Å². The van der Waals surface area contributed by atoms with Gasteiger partial charge in [0.25, 0.3) is 5.91 Å². The molecule has 29 heavy (non-hydrogen) atoms. The standard InChI is InChI=1S/C22H24N4O2S/c1-15(2)20(27)23-18-12-7-11-17(14-18)21(28)24-22-26-25-19(29-22)13-6-10-16-8-4-3-5-9-16/h3-5,7-9,11-12,14-15H,6,10,13H2,1-2H3,(H,23,27)(H,24,26,28). The predicted octanol–water partition coefficient (Wildman–Crippen LogP) is 4.56. The first-order valence-corrected chi connectivity index (χ1v) is 10.4. The molecule has 0 aliphatic heterocycles. The van der Waals surface area contributed by atoms with E-state index in [1.165, 1.54) is 16.9 Å². The summed E-state index contributed by atoms with van der Waals surface area (Å²) in [5.41, 5.74) is 2.34. The molecule has 0 saturated heterocycles. The monoisotopic (exact) mass is 408 g/mol. The van der Waals surface area contributed by atoms with Crippen LogP contribution in [-0.2, 0) is 17.6 Å². The zero-order chi connectivity index (χ0) is 20.6. The molecule has 0 saturated carbocycles. The van der Waals surface area contributed by atoms with Crippen LogP contribution in [0.5, 0.6) is 0 Å². The number of carbonyl (C=O) groups is 2. The fourth-order valence-corrected chi connectivity index (χ4v) is 3.46. The Morgan fingerprint density at radius 2 is 1.76 bits per heavy atom. The maximum atomic E-state index is 12.5. The van der Waals surface area contributed by atoms with Gasteiger partial charge in [0.05, 0.1) is 0 Å². The molecule has 7 heteroatoms. The van der Waals surface area contributed by atoms with Crippen molar-refractivity contribution in [2.45, 2.75) is 33.1 Å². The lowest BCUT2D eigenvalue weighted by Crippen LogP contribution is -2.18. The topological polar surface area (TPSA) is 84.0 Å². The molecule has 0 bridgehead atoms. The van der Waals surface area contributed by atoms with Gasteiger partial charge in [-0.2, -0.15) is 0 Å². The molecule has 150 valence electrons. The number of anilines is 2. The molecule has 6 nitrogen and oxygen atoms in total.